The van der Waals surface area contributed by atoms with E-state index >= 15 is 0 Å². The van der Waals surface area contributed by atoms with Gasteiger partial charge in [-0.15, -0.1) is 0 Å². The molecule has 0 aliphatic heterocycles. The van der Waals surface area contributed by atoms with Crippen molar-refractivity contribution in [1.82, 2.24) is 0 Å². The van der Waals surface area contributed by atoms with Crippen LogP contribution >= 0.6 is 0 Å². The number of nitrogens with two attached hydrogens (primary N) is 1. The Balaban J connectivity index is 4.07. The van der Waals surface area contributed by atoms with Crippen molar-refractivity contribution in [3.63, 3.8) is 0 Å². The molecular weight excluding hydrogens is 174 g/mol. The molecule has 5 nitrogen and oxygen atoms in total. The lowest BCUT2D eigenvalue weighted by Crippen LogP contribution is -2.34. The first kappa shape index (κ1) is 12.1. The average Bonchev–Trinajstić information content (AvgIpc) is 2.05. The van der Waals surface area contributed by atoms with Crippen LogP contribution in [0.15, 0.2) is 0 Å². The minimum absolute atomic E-state index is 0.170. The summed E-state index contributed by atoms with van der Waals surface area (Å²) in [5.74, 6) is -1.02. The van der Waals surface area contributed by atoms with Gasteiger partial charge < -0.3 is 15.2 Å². The summed E-state index contributed by atoms with van der Waals surface area (Å²) in [6.45, 7) is 3.61. The zero-order valence-corrected chi connectivity index (χ0v) is 7.91. The minimum Gasteiger partial charge on any atom is -0.464 e. The fraction of sp³-hybridized carbons (Fsp3) is 0.750. The number of hydrogen-bond acceptors (Lipinski definition) is 5. The van der Waals surface area contributed by atoms with E-state index in [1.54, 1.807) is 6.92 Å². The van der Waals surface area contributed by atoms with Crippen molar-refractivity contribution >= 4 is 11.8 Å². The molecule has 0 aliphatic carbocycles. The topological polar surface area (TPSA) is 78.6 Å². The molecule has 13 heavy (non-hydrogen) atoms. The van der Waals surface area contributed by atoms with Gasteiger partial charge >= 0.3 is 5.97 Å². The van der Waals surface area contributed by atoms with Crippen LogP contribution < -0.4 is 5.73 Å². The smallest absolute Gasteiger partial charge is 0.343 e. The molecule has 0 rings (SSSR count). The maximum absolute atomic E-state index is 11.1. The Labute approximate surface area is 77.2 Å². The van der Waals surface area contributed by atoms with Crippen molar-refractivity contribution in [3.8, 4) is 0 Å². The molecule has 5 heteroatoms. The van der Waals surface area contributed by atoms with Crippen molar-refractivity contribution in [2.24, 2.45) is 5.73 Å². The van der Waals surface area contributed by atoms with Crippen LogP contribution in [0.4, 0.5) is 0 Å². The highest BCUT2D eigenvalue weighted by molar-refractivity contribution is 6.00. The van der Waals surface area contributed by atoms with Crippen molar-refractivity contribution in [2.45, 2.75) is 20.0 Å². The number of carbonyl (C=O) groups is 2. The minimum atomic E-state index is -1.12. The highest BCUT2D eigenvalue weighted by Gasteiger charge is 2.24. The Morgan fingerprint density at radius 1 is 1.46 bits per heavy atom. The van der Waals surface area contributed by atoms with Gasteiger partial charge in [0.15, 0.2) is 5.78 Å². The summed E-state index contributed by atoms with van der Waals surface area (Å²) in [7, 11) is 0. The van der Waals surface area contributed by atoms with Crippen LogP contribution in [-0.2, 0) is 19.1 Å². The number of Topliss-reactive ketones (excluding diaryl/α,β-unsaturated/α-hetero) is 1. The molecule has 0 spiro atoms. The molecule has 0 bridgehead atoms. The van der Waals surface area contributed by atoms with Crippen LogP contribution in [0, 0.1) is 0 Å². The molecule has 0 fully saturated rings. The normalized spacial score (nSPS) is 12.2. The predicted octanol–water partition coefficient (Wildman–Crippen LogP) is -0.518. The van der Waals surface area contributed by atoms with E-state index in [9.17, 15) is 9.59 Å². The lowest BCUT2D eigenvalue weighted by Gasteiger charge is -2.12. The molecule has 2 N–H and O–H groups in total. The van der Waals surface area contributed by atoms with Gasteiger partial charge in [0.25, 0.3) is 0 Å². The molecule has 0 aromatic carbocycles. The Hall–Kier alpha value is -0.940. The van der Waals surface area contributed by atoms with Gasteiger partial charge in [0.05, 0.1) is 13.2 Å². The standard InChI is InChI=1S/C8H15NO4/c1-3-12-8(11)7(6(2)10)13-5-4-9/h7H,3-5,9H2,1-2H3. The molecule has 1 atom stereocenters. The van der Waals surface area contributed by atoms with Crippen LogP contribution in [0.1, 0.15) is 13.8 Å². The summed E-state index contributed by atoms with van der Waals surface area (Å²) in [6, 6.07) is 0. The second kappa shape index (κ2) is 6.56. The monoisotopic (exact) mass is 189 g/mol. The molecule has 0 radical (unpaired) electrons. The molecule has 0 aliphatic rings. The van der Waals surface area contributed by atoms with Crippen LogP contribution in [0.2, 0.25) is 0 Å². The Kier molecular flexibility index (Phi) is 6.09. The zero-order chi connectivity index (χ0) is 10.3. The number of esters is 1. The summed E-state index contributed by atoms with van der Waals surface area (Å²) in [6.07, 6.45) is -1.12. The molecule has 0 heterocycles. The van der Waals surface area contributed by atoms with Crippen LogP contribution in [-0.4, -0.2) is 37.6 Å². The third-order valence-electron chi connectivity index (χ3n) is 1.27. The SMILES string of the molecule is CCOC(=O)C(OCCN)C(C)=O. The quantitative estimate of drug-likeness (QED) is 0.449. The molecular formula is C8H15NO4. The molecule has 0 aromatic heterocycles. The Morgan fingerprint density at radius 3 is 2.46 bits per heavy atom. The third-order valence-corrected chi connectivity index (χ3v) is 1.27. The van der Waals surface area contributed by atoms with E-state index in [-0.39, 0.29) is 25.5 Å². The fourth-order valence-electron chi connectivity index (χ4n) is 0.755. The average molecular weight is 189 g/mol. The fourth-order valence-corrected chi connectivity index (χ4v) is 0.755. The van der Waals surface area contributed by atoms with Crippen LogP contribution in [0.3, 0.4) is 0 Å². The van der Waals surface area contributed by atoms with Crippen LogP contribution in [0.5, 0.6) is 0 Å². The number of ketones is 1. The summed E-state index contributed by atoms with van der Waals surface area (Å²) in [5, 5.41) is 0. The van der Waals surface area contributed by atoms with E-state index in [2.05, 4.69) is 4.74 Å². The summed E-state index contributed by atoms with van der Waals surface area (Å²) < 4.78 is 9.55. The van der Waals surface area contributed by atoms with Crippen molar-refractivity contribution in [2.75, 3.05) is 19.8 Å². The molecule has 1 unspecified atom stereocenters. The van der Waals surface area contributed by atoms with Gasteiger partial charge in [0.2, 0.25) is 6.10 Å². The van der Waals surface area contributed by atoms with E-state index in [1.165, 1.54) is 6.92 Å². The van der Waals surface area contributed by atoms with E-state index in [1.807, 2.05) is 0 Å². The van der Waals surface area contributed by atoms with Gasteiger partial charge in [-0.25, -0.2) is 4.79 Å². The Bertz CT molecular complexity index is 181. The molecule has 0 amide bonds. The second-order valence-corrected chi connectivity index (χ2v) is 2.40. The van der Waals surface area contributed by atoms with Crippen molar-refractivity contribution in [3.05, 3.63) is 0 Å². The molecule has 0 aromatic rings. The molecule has 76 valence electrons. The van der Waals surface area contributed by atoms with E-state index in [0.717, 1.165) is 0 Å². The highest BCUT2D eigenvalue weighted by Crippen LogP contribution is 1.97. The maximum atomic E-state index is 11.1. The summed E-state index contributed by atoms with van der Waals surface area (Å²) in [5.41, 5.74) is 5.16. The second-order valence-electron chi connectivity index (χ2n) is 2.40. The van der Waals surface area contributed by atoms with E-state index in [4.69, 9.17) is 10.5 Å². The van der Waals surface area contributed by atoms with Gasteiger partial charge in [-0.1, -0.05) is 0 Å². The number of carbonyl (C=O) groups excluding carboxylic acids is 2. The maximum Gasteiger partial charge on any atom is 0.343 e. The first-order valence-electron chi connectivity index (χ1n) is 4.12. The van der Waals surface area contributed by atoms with Crippen molar-refractivity contribution in [1.29, 1.82) is 0 Å². The lowest BCUT2D eigenvalue weighted by atomic mass is 10.2. The Morgan fingerprint density at radius 2 is 2.08 bits per heavy atom. The largest absolute Gasteiger partial charge is 0.464 e. The number of hydrogen-bond donors (Lipinski definition) is 1. The number of ether oxygens (including phenoxy) is 2. The highest BCUT2D eigenvalue weighted by atomic mass is 16.6. The van der Waals surface area contributed by atoms with Crippen molar-refractivity contribution < 1.29 is 19.1 Å². The first-order chi connectivity index (χ1) is 6.13. The van der Waals surface area contributed by atoms with Gasteiger partial charge in [0.1, 0.15) is 0 Å². The van der Waals surface area contributed by atoms with E-state index in [0.29, 0.717) is 0 Å². The molecule has 0 saturated carbocycles. The zero-order valence-electron chi connectivity index (χ0n) is 7.91. The first-order valence-corrected chi connectivity index (χ1v) is 4.12. The van der Waals surface area contributed by atoms with Gasteiger partial charge in [0, 0.05) is 6.54 Å². The summed E-state index contributed by atoms with van der Waals surface area (Å²) >= 11 is 0. The third kappa shape index (κ3) is 4.59. The van der Waals surface area contributed by atoms with E-state index < -0.39 is 12.1 Å². The number of rotatable bonds is 6. The van der Waals surface area contributed by atoms with Gasteiger partial charge in [-0.3, -0.25) is 4.79 Å². The van der Waals surface area contributed by atoms with Gasteiger partial charge in [-0.05, 0) is 13.8 Å². The van der Waals surface area contributed by atoms with Crippen LogP contribution in [0.25, 0.3) is 0 Å². The molecule has 0 saturated heterocycles. The van der Waals surface area contributed by atoms with Gasteiger partial charge in [-0.2, -0.15) is 0 Å². The summed E-state index contributed by atoms with van der Waals surface area (Å²) in [4.78, 5) is 22.0. The predicted molar refractivity (Wildman–Crippen MR) is 46.1 cm³/mol. The lowest BCUT2D eigenvalue weighted by molar-refractivity contribution is -0.160.